The lowest BCUT2D eigenvalue weighted by molar-refractivity contribution is 0.0795. The maximum atomic E-state index is 12.1. The van der Waals surface area contributed by atoms with Crippen molar-refractivity contribution in [3.05, 3.63) is 17.2 Å². The molecule has 1 heterocycles. The van der Waals surface area contributed by atoms with Crippen molar-refractivity contribution in [1.29, 1.82) is 0 Å². The molecule has 20 heavy (non-hydrogen) atoms. The number of phenolic OH excluding ortho intramolecular Hbond substituents is 1. The molecule has 0 fully saturated rings. The van der Waals surface area contributed by atoms with Crippen LogP contribution < -0.4 is 9.47 Å². The Hall–Kier alpha value is -1.71. The number of methoxy groups -OCH3 is 1. The van der Waals surface area contributed by atoms with Crippen molar-refractivity contribution in [2.45, 2.75) is 52.1 Å². The summed E-state index contributed by atoms with van der Waals surface area (Å²) in [7, 11) is 1.48. The first kappa shape index (κ1) is 14.7. The van der Waals surface area contributed by atoms with E-state index < -0.39 is 0 Å². The predicted molar refractivity (Wildman–Crippen MR) is 76.9 cm³/mol. The van der Waals surface area contributed by atoms with E-state index in [9.17, 15) is 9.90 Å². The summed E-state index contributed by atoms with van der Waals surface area (Å²) in [6.45, 7) is 5.95. The summed E-state index contributed by atoms with van der Waals surface area (Å²) < 4.78 is 11.2. The maximum Gasteiger partial charge on any atom is 0.204 e. The predicted octanol–water partition coefficient (Wildman–Crippen LogP) is 3.49. The lowest BCUT2D eigenvalue weighted by atomic mass is 9.91. The van der Waals surface area contributed by atoms with E-state index >= 15 is 0 Å². The molecule has 1 N–H and O–H groups in total. The third-order valence-corrected chi connectivity index (χ3v) is 3.64. The number of ether oxygens (including phenoxy) is 2. The van der Waals surface area contributed by atoms with Gasteiger partial charge in [0.25, 0.3) is 0 Å². The molecular formula is C16H22O4. The summed E-state index contributed by atoms with van der Waals surface area (Å²) in [6.07, 6.45) is 2.85. The van der Waals surface area contributed by atoms with Crippen molar-refractivity contribution < 1.29 is 19.4 Å². The zero-order chi connectivity index (χ0) is 14.9. The average molecular weight is 278 g/mol. The lowest BCUT2D eigenvalue weighted by Gasteiger charge is -2.33. The second-order valence-electron chi connectivity index (χ2n) is 5.83. The van der Waals surface area contributed by atoms with Gasteiger partial charge in [0.2, 0.25) is 5.75 Å². The first-order valence-corrected chi connectivity index (χ1v) is 7.04. The fourth-order valence-electron chi connectivity index (χ4n) is 2.51. The number of fused-ring (bicyclic) bond motifs is 1. The summed E-state index contributed by atoms with van der Waals surface area (Å²) in [5.41, 5.74) is 0.978. The van der Waals surface area contributed by atoms with Crippen molar-refractivity contribution in [2.75, 3.05) is 7.11 Å². The average Bonchev–Trinajstić information content (AvgIpc) is 2.37. The maximum absolute atomic E-state index is 12.1. The van der Waals surface area contributed by atoms with Crippen molar-refractivity contribution in [1.82, 2.24) is 0 Å². The van der Waals surface area contributed by atoms with E-state index in [1.807, 2.05) is 20.8 Å². The molecule has 0 unspecified atom stereocenters. The van der Waals surface area contributed by atoms with Gasteiger partial charge >= 0.3 is 0 Å². The number of aryl methyl sites for hydroxylation is 1. The number of hydrogen-bond donors (Lipinski definition) is 1. The van der Waals surface area contributed by atoms with Crippen LogP contribution in [0.3, 0.4) is 0 Å². The number of aromatic hydroxyl groups is 1. The number of phenols is 1. The van der Waals surface area contributed by atoms with Crippen molar-refractivity contribution >= 4 is 5.78 Å². The molecule has 0 saturated carbocycles. The summed E-state index contributed by atoms with van der Waals surface area (Å²) in [6, 6.07) is 1.75. The zero-order valence-electron chi connectivity index (χ0n) is 12.6. The minimum Gasteiger partial charge on any atom is -0.504 e. The molecule has 4 nitrogen and oxygen atoms in total. The molecule has 0 radical (unpaired) electrons. The lowest BCUT2D eigenvalue weighted by Crippen LogP contribution is -2.33. The second-order valence-corrected chi connectivity index (χ2v) is 5.83. The van der Waals surface area contributed by atoms with Gasteiger partial charge in [-0.15, -0.1) is 0 Å². The topological polar surface area (TPSA) is 55.8 Å². The Morgan fingerprint density at radius 3 is 2.80 bits per heavy atom. The number of carbonyl (C=O) groups excluding carboxylic acids is 1. The number of benzene rings is 1. The molecular weight excluding hydrogens is 256 g/mol. The van der Waals surface area contributed by atoms with Gasteiger partial charge in [0.15, 0.2) is 17.3 Å². The van der Waals surface area contributed by atoms with Crippen LogP contribution in [0.4, 0.5) is 0 Å². The van der Waals surface area contributed by atoms with Gasteiger partial charge in [-0.05, 0) is 44.7 Å². The fourth-order valence-corrected chi connectivity index (χ4v) is 2.51. The molecule has 0 aliphatic carbocycles. The molecule has 0 bridgehead atoms. The van der Waals surface area contributed by atoms with Gasteiger partial charge in [0.1, 0.15) is 5.60 Å². The van der Waals surface area contributed by atoms with Gasteiger partial charge in [-0.25, -0.2) is 0 Å². The van der Waals surface area contributed by atoms with Crippen LogP contribution in [0.5, 0.6) is 17.2 Å². The molecule has 0 aromatic heterocycles. The van der Waals surface area contributed by atoms with Crippen LogP contribution in [0.25, 0.3) is 0 Å². The van der Waals surface area contributed by atoms with E-state index in [4.69, 9.17) is 9.47 Å². The van der Waals surface area contributed by atoms with Crippen molar-refractivity contribution in [3.8, 4) is 17.2 Å². The van der Waals surface area contributed by atoms with E-state index in [0.29, 0.717) is 17.7 Å². The van der Waals surface area contributed by atoms with Crippen LogP contribution in [0, 0.1) is 0 Å². The van der Waals surface area contributed by atoms with Crippen LogP contribution in [-0.2, 0) is 6.42 Å². The quantitative estimate of drug-likeness (QED) is 0.857. The Labute approximate surface area is 119 Å². The molecule has 1 aromatic carbocycles. The number of hydrogen-bond acceptors (Lipinski definition) is 4. The highest BCUT2D eigenvalue weighted by molar-refractivity contribution is 6.00. The first-order valence-electron chi connectivity index (χ1n) is 7.04. The third-order valence-electron chi connectivity index (χ3n) is 3.64. The second kappa shape index (κ2) is 5.35. The van der Waals surface area contributed by atoms with E-state index in [2.05, 4.69) is 0 Å². The van der Waals surface area contributed by atoms with Crippen LogP contribution in [0.15, 0.2) is 6.07 Å². The molecule has 1 aromatic rings. The van der Waals surface area contributed by atoms with Gasteiger partial charge < -0.3 is 14.6 Å². The van der Waals surface area contributed by atoms with Crippen LogP contribution in [-0.4, -0.2) is 23.6 Å². The highest BCUT2D eigenvalue weighted by Gasteiger charge is 2.32. The third kappa shape index (κ3) is 2.60. The van der Waals surface area contributed by atoms with Crippen LogP contribution in [0.1, 0.15) is 56.0 Å². The molecule has 0 saturated heterocycles. The molecule has 4 heteroatoms. The Balaban J connectivity index is 2.53. The Kier molecular flexibility index (Phi) is 3.93. The summed E-state index contributed by atoms with van der Waals surface area (Å²) in [5.74, 6) is 0.669. The summed E-state index contributed by atoms with van der Waals surface area (Å²) >= 11 is 0. The van der Waals surface area contributed by atoms with Gasteiger partial charge in [0, 0.05) is 6.42 Å². The Morgan fingerprint density at radius 2 is 2.20 bits per heavy atom. The minimum atomic E-state index is -0.290. The smallest absolute Gasteiger partial charge is 0.204 e. The molecule has 0 amide bonds. The van der Waals surface area contributed by atoms with E-state index in [0.717, 1.165) is 24.8 Å². The monoisotopic (exact) mass is 278 g/mol. The van der Waals surface area contributed by atoms with Gasteiger partial charge in [-0.2, -0.15) is 0 Å². The van der Waals surface area contributed by atoms with Gasteiger partial charge in [-0.1, -0.05) is 6.92 Å². The van der Waals surface area contributed by atoms with E-state index in [1.165, 1.54) is 7.11 Å². The normalized spacial score (nSPS) is 16.2. The molecule has 1 aliphatic heterocycles. The number of Topliss-reactive ketones (excluding diaryl/α,β-unsaturated/α-hetero) is 1. The molecule has 0 atom stereocenters. The Morgan fingerprint density at radius 1 is 1.50 bits per heavy atom. The molecule has 110 valence electrons. The first-order chi connectivity index (χ1) is 9.39. The van der Waals surface area contributed by atoms with Crippen molar-refractivity contribution in [3.63, 3.8) is 0 Å². The number of carbonyl (C=O) groups is 1. The number of rotatable bonds is 4. The highest BCUT2D eigenvalue weighted by atomic mass is 16.5. The minimum absolute atomic E-state index is 0.0593. The summed E-state index contributed by atoms with van der Waals surface area (Å²) in [4.78, 5) is 12.1. The zero-order valence-corrected chi connectivity index (χ0v) is 12.6. The van der Waals surface area contributed by atoms with E-state index in [-0.39, 0.29) is 22.9 Å². The Bertz CT molecular complexity index is 532. The summed E-state index contributed by atoms with van der Waals surface area (Å²) in [5, 5.41) is 10.3. The van der Waals surface area contributed by atoms with Crippen LogP contribution >= 0.6 is 0 Å². The van der Waals surface area contributed by atoms with Crippen LogP contribution in [0.2, 0.25) is 0 Å². The van der Waals surface area contributed by atoms with E-state index in [1.54, 1.807) is 6.07 Å². The SMILES string of the molecule is CCCC(=O)c1cc2c(c(OC)c1O)OC(C)(C)CC2. The largest absolute Gasteiger partial charge is 0.504 e. The standard InChI is InChI=1S/C16H22O4/c1-5-6-12(17)11-9-10-7-8-16(2,3)20-14(10)15(19-4)13(11)18/h9,18H,5-8H2,1-4H3. The molecule has 1 aliphatic rings. The number of ketones is 1. The molecule has 0 spiro atoms. The van der Waals surface area contributed by atoms with Gasteiger partial charge in [0.05, 0.1) is 12.7 Å². The van der Waals surface area contributed by atoms with Crippen molar-refractivity contribution in [2.24, 2.45) is 0 Å². The fraction of sp³-hybridized carbons (Fsp3) is 0.562. The molecule has 2 rings (SSSR count). The van der Waals surface area contributed by atoms with Gasteiger partial charge in [-0.3, -0.25) is 4.79 Å². The highest BCUT2D eigenvalue weighted by Crippen LogP contribution is 2.47.